The highest BCUT2D eigenvalue weighted by atomic mass is 16.5. The lowest BCUT2D eigenvalue weighted by Crippen LogP contribution is -2.54. The molecule has 1 heterocycles. The lowest BCUT2D eigenvalue weighted by atomic mass is 9.90. The van der Waals surface area contributed by atoms with Crippen LogP contribution in [0.15, 0.2) is 30.3 Å². The van der Waals surface area contributed by atoms with Gasteiger partial charge in [0.1, 0.15) is 0 Å². The maximum atomic E-state index is 12.5. The summed E-state index contributed by atoms with van der Waals surface area (Å²) in [6.45, 7) is 1.48. The largest absolute Gasteiger partial charge is 0.374 e. The Bertz CT molecular complexity index is 444. The highest BCUT2D eigenvalue weighted by Crippen LogP contribution is 2.28. The van der Waals surface area contributed by atoms with Crippen molar-refractivity contribution in [3.05, 3.63) is 35.9 Å². The number of nitrogens with zero attached hydrogens (tertiary/aromatic N) is 1. The van der Waals surface area contributed by atoms with Gasteiger partial charge in [-0.25, -0.2) is 0 Å². The normalized spacial score (nSPS) is 26.1. The van der Waals surface area contributed by atoms with Gasteiger partial charge in [-0.3, -0.25) is 4.79 Å². The SMILES string of the molecule is O=C(CCc1ccccc1)N1CCO[C@@H]2CCCC[C@@H]21. The Balaban J connectivity index is 1.58. The van der Waals surface area contributed by atoms with Crippen LogP contribution in [0.25, 0.3) is 0 Å². The van der Waals surface area contributed by atoms with E-state index in [4.69, 9.17) is 4.74 Å². The number of aryl methyl sites for hydroxylation is 1. The van der Waals surface area contributed by atoms with Crippen LogP contribution in [0.1, 0.15) is 37.7 Å². The van der Waals surface area contributed by atoms with E-state index in [0.29, 0.717) is 25.0 Å². The Kier molecular flexibility index (Phi) is 4.36. The molecule has 0 spiro atoms. The van der Waals surface area contributed by atoms with E-state index in [9.17, 15) is 4.79 Å². The van der Waals surface area contributed by atoms with Gasteiger partial charge in [0, 0.05) is 13.0 Å². The highest BCUT2D eigenvalue weighted by molar-refractivity contribution is 5.77. The lowest BCUT2D eigenvalue weighted by Gasteiger charge is -2.43. The summed E-state index contributed by atoms with van der Waals surface area (Å²) >= 11 is 0. The molecule has 3 rings (SSSR count). The van der Waals surface area contributed by atoms with Crippen molar-refractivity contribution in [3.63, 3.8) is 0 Å². The van der Waals surface area contributed by atoms with Crippen molar-refractivity contribution >= 4 is 5.91 Å². The van der Waals surface area contributed by atoms with Crippen molar-refractivity contribution in [2.24, 2.45) is 0 Å². The number of hydrogen-bond donors (Lipinski definition) is 0. The van der Waals surface area contributed by atoms with Gasteiger partial charge in [-0.15, -0.1) is 0 Å². The number of benzene rings is 1. The van der Waals surface area contributed by atoms with Crippen LogP contribution < -0.4 is 0 Å². The smallest absolute Gasteiger partial charge is 0.223 e. The maximum Gasteiger partial charge on any atom is 0.223 e. The summed E-state index contributed by atoms with van der Waals surface area (Å²) in [6, 6.07) is 10.6. The standard InChI is InChI=1S/C17H23NO2/c19-17(11-10-14-6-2-1-3-7-14)18-12-13-20-16-9-5-4-8-15(16)18/h1-3,6-7,15-16H,4-5,8-13H2/t15-,16+/m0/s1. The number of carbonyl (C=O) groups is 1. The van der Waals surface area contributed by atoms with Crippen LogP contribution in [0, 0.1) is 0 Å². The van der Waals surface area contributed by atoms with Crippen molar-refractivity contribution in [1.29, 1.82) is 0 Å². The molecule has 0 aromatic heterocycles. The fraction of sp³-hybridized carbons (Fsp3) is 0.588. The molecule has 3 nitrogen and oxygen atoms in total. The zero-order valence-corrected chi connectivity index (χ0v) is 12.0. The number of morpholine rings is 1. The average Bonchev–Trinajstić information content (AvgIpc) is 2.53. The average molecular weight is 273 g/mol. The van der Waals surface area contributed by atoms with Gasteiger partial charge in [0.25, 0.3) is 0 Å². The summed E-state index contributed by atoms with van der Waals surface area (Å²) in [5.74, 6) is 0.300. The van der Waals surface area contributed by atoms with E-state index in [0.717, 1.165) is 25.8 Å². The van der Waals surface area contributed by atoms with Crippen molar-refractivity contribution < 1.29 is 9.53 Å². The fourth-order valence-corrected chi connectivity index (χ4v) is 3.45. The molecule has 2 atom stereocenters. The van der Waals surface area contributed by atoms with Crippen molar-refractivity contribution in [3.8, 4) is 0 Å². The number of amides is 1. The molecule has 1 aromatic carbocycles. The molecule has 0 unspecified atom stereocenters. The minimum absolute atomic E-state index is 0.290. The third kappa shape index (κ3) is 3.04. The molecule has 3 heteroatoms. The minimum Gasteiger partial charge on any atom is -0.374 e. The monoisotopic (exact) mass is 273 g/mol. The molecule has 0 bridgehead atoms. The van der Waals surface area contributed by atoms with E-state index in [1.807, 2.05) is 18.2 Å². The fourth-order valence-electron chi connectivity index (χ4n) is 3.45. The predicted molar refractivity (Wildman–Crippen MR) is 78.5 cm³/mol. The van der Waals surface area contributed by atoms with Crippen molar-refractivity contribution in [1.82, 2.24) is 4.90 Å². The van der Waals surface area contributed by atoms with E-state index in [2.05, 4.69) is 17.0 Å². The molecule has 1 aromatic rings. The number of fused-ring (bicyclic) bond motifs is 1. The Morgan fingerprint density at radius 1 is 1.20 bits per heavy atom. The van der Waals surface area contributed by atoms with Gasteiger partial charge < -0.3 is 9.64 Å². The third-order valence-corrected chi connectivity index (χ3v) is 4.52. The molecule has 20 heavy (non-hydrogen) atoms. The first-order valence-corrected chi connectivity index (χ1v) is 7.79. The van der Waals surface area contributed by atoms with Crippen LogP contribution in [0.2, 0.25) is 0 Å². The van der Waals surface area contributed by atoms with Crippen LogP contribution in [0.3, 0.4) is 0 Å². The summed E-state index contributed by atoms with van der Waals surface area (Å²) in [5, 5.41) is 0. The first-order chi connectivity index (χ1) is 9.84. The van der Waals surface area contributed by atoms with Gasteiger partial charge in [-0.1, -0.05) is 43.2 Å². The Morgan fingerprint density at radius 3 is 2.85 bits per heavy atom. The number of ether oxygens (including phenoxy) is 1. The van der Waals surface area contributed by atoms with Crippen LogP contribution in [0.4, 0.5) is 0 Å². The topological polar surface area (TPSA) is 29.5 Å². The quantitative estimate of drug-likeness (QED) is 0.847. The second kappa shape index (κ2) is 6.40. The van der Waals surface area contributed by atoms with Gasteiger partial charge in [0.05, 0.1) is 18.8 Å². The molecule has 2 fully saturated rings. The Hall–Kier alpha value is -1.35. The zero-order chi connectivity index (χ0) is 13.8. The molecule has 1 amide bonds. The first-order valence-electron chi connectivity index (χ1n) is 7.79. The molecule has 1 aliphatic carbocycles. The highest BCUT2D eigenvalue weighted by Gasteiger charge is 2.36. The zero-order valence-electron chi connectivity index (χ0n) is 12.0. The van der Waals surface area contributed by atoms with E-state index >= 15 is 0 Å². The van der Waals surface area contributed by atoms with Gasteiger partial charge in [-0.05, 0) is 24.8 Å². The van der Waals surface area contributed by atoms with E-state index < -0.39 is 0 Å². The molecule has 0 radical (unpaired) electrons. The summed E-state index contributed by atoms with van der Waals surface area (Å²) < 4.78 is 5.83. The van der Waals surface area contributed by atoms with Gasteiger partial charge >= 0.3 is 0 Å². The van der Waals surface area contributed by atoms with Crippen molar-refractivity contribution in [2.75, 3.05) is 13.2 Å². The van der Waals surface area contributed by atoms with Crippen LogP contribution in [-0.2, 0) is 16.0 Å². The first kappa shape index (κ1) is 13.6. The molecule has 2 aliphatic rings. The molecule has 108 valence electrons. The summed E-state index contributed by atoms with van der Waals surface area (Å²) in [7, 11) is 0. The maximum absolute atomic E-state index is 12.5. The van der Waals surface area contributed by atoms with Crippen LogP contribution >= 0.6 is 0 Å². The van der Waals surface area contributed by atoms with E-state index in [1.54, 1.807) is 0 Å². The van der Waals surface area contributed by atoms with E-state index in [1.165, 1.54) is 18.4 Å². The number of carbonyl (C=O) groups excluding carboxylic acids is 1. The molecular weight excluding hydrogens is 250 g/mol. The van der Waals surface area contributed by atoms with Crippen LogP contribution in [-0.4, -0.2) is 36.1 Å². The summed E-state index contributed by atoms with van der Waals surface area (Å²) in [6.07, 6.45) is 6.45. The lowest BCUT2D eigenvalue weighted by molar-refractivity contribution is -0.149. The van der Waals surface area contributed by atoms with Crippen molar-refractivity contribution in [2.45, 2.75) is 50.7 Å². The van der Waals surface area contributed by atoms with Gasteiger partial charge in [0.2, 0.25) is 5.91 Å². The summed E-state index contributed by atoms with van der Waals surface area (Å²) in [5.41, 5.74) is 1.24. The Labute approximate surface area is 120 Å². The minimum atomic E-state index is 0.290. The Morgan fingerprint density at radius 2 is 2.00 bits per heavy atom. The number of rotatable bonds is 3. The molecule has 0 N–H and O–H groups in total. The second-order valence-electron chi connectivity index (χ2n) is 5.83. The van der Waals surface area contributed by atoms with E-state index in [-0.39, 0.29) is 6.10 Å². The van der Waals surface area contributed by atoms with Gasteiger partial charge in [-0.2, -0.15) is 0 Å². The summed E-state index contributed by atoms with van der Waals surface area (Å²) in [4.78, 5) is 14.6. The van der Waals surface area contributed by atoms with Crippen LogP contribution in [0.5, 0.6) is 0 Å². The third-order valence-electron chi connectivity index (χ3n) is 4.52. The molecule has 1 aliphatic heterocycles. The second-order valence-corrected chi connectivity index (χ2v) is 5.83. The van der Waals surface area contributed by atoms with Gasteiger partial charge in [0.15, 0.2) is 0 Å². The molecule has 1 saturated carbocycles. The predicted octanol–water partition coefficient (Wildman–Crippen LogP) is 2.79. The number of hydrogen-bond acceptors (Lipinski definition) is 2. The molecule has 1 saturated heterocycles. The molecular formula is C17H23NO2.